The summed E-state index contributed by atoms with van der Waals surface area (Å²) in [5, 5.41) is 8.63. The number of aromatic carboxylic acids is 1. The van der Waals surface area contributed by atoms with E-state index in [0.29, 0.717) is 11.0 Å². The van der Waals surface area contributed by atoms with E-state index in [2.05, 4.69) is 0 Å². The number of rotatable bonds is 2. The van der Waals surface area contributed by atoms with Crippen LogP contribution < -0.4 is 10.5 Å². The minimum absolute atomic E-state index is 0.0504. The number of imide groups is 1. The van der Waals surface area contributed by atoms with Crippen LogP contribution in [0.3, 0.4) is 0 Å². The Morgan fingerprint density at radius 2 is 1.62 bits per heavy atom. The van der Waals surface area contributed by atoms with Crippen molar-refractivity contribution in [3.05, 3.63) is 75.1 Å². The van der Waals surface area contributed by atoms with Gasteiger partial charge < -0.3 is 9.52 Å². The van der Waals surface area contributed by atoms with Gasteiger partial charge in [-0.3, -0.25) is 9.59 Å². The van der Waals surface area contributed by atoms with Gasteiger partial charge >= 0.3 is 17.8 Å². The number of carboxylic acid groups (broad SMARTS) is 1. The fourth-order valence-corrected chi connectivity index (χ4v) is 3.13. The van der Waals surface area contributed by atoms with E-state index in [4.69, 9.17) is 9.52 Å². The predicted octanol–water partition coefficient (Wildman–Crippen LogP) is 3.31. The standard InChI is InChI=1S/C19H8F3NO6/c20-19(21,22)13-7-15(24)29-14-6-9(2-4-11(13)14)23-16(25)10-3-1-8(18(27)28)5-12(10)17(23)26/h1-7H,(H,27,28). The number of halogens is 3. The van der Waals surface area contributed by atoms with Crippen LogP contribution in [0.2, 0.25) is 0 Å². The third-order valence-corrected chi connectivity index (χ3v) is 4.43. The number of anilines is 1. The minimum Gasteiger partial charge on any atom is -0.478 e. The van der Waals surface area contributed by atoms with E-state index in [0.717, 1.165) is 30.3 Å². The van der Waals surface area contributed by atoms with Crippen molar-refractivity contribution in [1.29, 1.82) is 0 Å². The van der Waals surface area contributed by atoms with Crippen LogP contribution in [-0.2, 0) is 6.18 Å². The lowest BCUT2D eigenvalue weighted by Crippen LogP contribution is -2.29. The Hall–Kier alpha value is -3.95. The van der Waals surface area contributed by atoms with Gasteiger partial charge in [0.2, 0.25) is 0 Å². The number of carboxylic acids is 1. The van der Waals surface area contributed by atoms with Crippen LogP contribution >= 0.6 is 0 Å². The summed E-state index contributed by atoms with van der Waals surface area (Å²) in [6.07, 6.45) is -4.81. The molecule has 0 radical (unpaired) electrons. The van der Waals surface area contributed by atoms with E-state index in [1.54, 1.807) is 0 Å². The topological polar surface area (TPSA) is 105 Å². The van der Waals surface area contributed by atoms with E-state index >= 15 is 0 Å². The first-order valence-corrected chi connectivity index (χ1v) is 7.99. The van der Waals surface area contributed by atoms with Crippen molar-refractivity contribution in [2.24, 2.45) is 0 Å². The molecule has 146 valence electrons. The zero-order valence-corrected chi connectivity index (χ0v) is 14.1. The Labute approximate surface area is 158 Å². The molecular formula is C19H8F3NO6. The molecule has 0 saturated carbocycles. The molecule has 1 N–H and O–H groups in total. The SMILES string of the molecule is O=C(O)c1ccc2c(c1)C(=O)N(c1ccc3c(C(F)(F)F)cc(=O)oc3c1)C2=O. The van der Waals surface area contributed by atoms with E-state index in [9.17, 15) is 32.3 Å². The van der Waals surface area contributed by atoms with Crippen LogP contribution in [0.4, 0.5) is 18.9 Å². The van der Waals surface area contributed by atoms with E-state index in [1.165, 1.54) is 6.07 Å². The zero-order valence-electron chi connectivity index (χ0n) is 14.1. The second-order valence-electron chi connectivity index (χ2n) is 6.17. The van der Waals surface area contributed by atoms with Crippen LogP contribution in [0, 0.1) is 0 Å². The molecule has 1 aliphatic rings. The number of fused-ring (bicyclic) bond motifs is 2. The Kier molecular flexibility index (Phi) is 3.83. The molecule has 0 fully saturated rings. The van der Waals surface area contributed by atoms with Crippen molar-refractivity contribution in [3.8, 4) is 0 Å². The zero-order chi connectivity index (χ0) is 21.1. The Bertz CT molecular complexity index is 1290. The molecule has 4 rings (SSSR count). The van der Waals surface area contributed by atoms with Gasteiger partial charge in [-0.1, -0.05) is 0 Å². The number of amides is 2. The number of nitrogens with zero attached hydrogens (tertiary/aromatic N) is 1. The Morgan fingerprint density at radius 1 is 0.931 bits per heavy atom. The van der Waals surface area contributed by atoms with Gasteiger partial charge in [-0.2, -0.15) is 13.2 Å². The van der Waals surface area contributed by atoms with Gasteiger partial charge in [0.05, 0.1) is 27.9 Å². The molecule has 0 unspecified atom stereocenters. The first kappa shape index (κ1) is 18.4. The van der Waals surface area contributed by atoms with Gasteiger partial charge in [0.25, 0.3) is 11.8 Å². The molecule has 0 spiro atoms. The summed E-state index contributed by atoms with van der Waals surface area (Å²) in [5.74, 6) is -2.92. The molecule has 10 heteroatoms. The maximum atomic E-state index is 13.2. The maximum Gasteiger partial charge on any atom is 0.417 e. The lowest BCUT2D eigenvalue weighted by Gasteiger charge is -2.15. The minimum atomic E-state index is -4.81. The molecule has 2 heterocycles. The lowest BCUT2D eigenvalue weighted by molar-refractivity contribution is -0.136. The molecule has 2 aromatic carbocycles. The molecule has 3 aromatic rings. The van der Waals surface area contributed by atoms with Crippen molar-refractivity contribution in [2.75, 3.05) is 4.90 Å². The monoisotopic (exact) mass is 403 g/mol. The van der Waals surface area contributed by atoms with Crippen LogP contribution in [0.15, 0.2) is 51.7 Å². The molecule has 1 aromatic heterocycles. The summed E-state index contributed by atoms with van der Waals surface area (Å²) >= 11 is 0. The molecule has 0 atom stereocenters. The summed E-state index contributed by atoms with van der Waals surface area (Å²) in [6.45, 7) is 0. The number of alkyl halides is 3. The summed E-state index contributed by atoms with van der Waals surface area (Å²) in [5.41, 5.74) is -3.43. The summed E-state index contributed by atoms with van der Waals surface area (Å²) in [4.78, 5) is 48.5. The van der Waals surface area contributed by atoms with Crippen molar-refractivity contribution in [3.63, 3.8) is 0 Å². The molecule has 29 heavy (non-hydrogen) atoms. The molecule has 0 saturated heterocycles. The van der Waals surface area contributed by atoms with Crippen molar-refractivity contribution in [2.45, 2.75) is 6.18 Å². The number of hydrogen-bond donors (Lipinski definition) is 1. The highest BCUT2D eigenvalue weighted by molar-refractivity contribution is 6.34. The number of benzene rings is 2. The number of hydrogen-bond acceptors (Lipinski definition) is 5. The summed E-state index contributed by atoms with van der Waals surface area (Å²) in [7, 11) is 0. The average molecular weight is 403 g/mol. The highest BCUT2D eigenvalue weighted by Crippen LogP contribution is 2.36. The molecule has 2 amide bonds. The van der Waals surface area contributed by atoms with Gasteiger partial charge in [-0.15, -0.1) is 0 Å². The smallest absolute Gasteiger partial charge is 0.417 e. The Balaban J connectivity index is 1.85. The van der Waals surface area contributed by atoms with Crippen LogP contribution in [-0.4, -0.2) is 22.9 Å². The normalized spacial score (nSPS) is 13.8. The largest absolute Gasteiger partial charge is 0.478 e. The third-order valence-electron chi connectivity index (χ3n) is 4.43. The third kappa shape index (κ3) is 2.85. The highest BCUT2D eigenvalue weighted by atomic mass is 19.4. The molecular weight excluding hydrogens is 395 g/mol. The number of carbonyl (C=O) groups is 3. The predicted molar refractivity (Wildman–Crippen MR) is 92.0 cm³/mol. The van der Waals surface area contributed by atoms with Crippen LogP contribution in [0.1, 0.15) is 36.6 Å². The second kappa shape index (κ2) is 6.03. The van der Waals surface area contributed by atoms with Crippen LogP contribution in [0.5, 0.6) is 0 Å². The fourth-order valence-electron chi connectivity index (χ4n) is 3.13. The lowest BCUT2D eigenvalue weighted by atomic mass is 10.1. The Morgan fingerprint density at radius 3 is 2.28 bits per heavy atom. The quantitative estimate of drug-likeness (QED) is 0.520. The van der Waals surface area contributed by atoms with E-state index in [-0.39, 0.29) is 22.4 Å². The first-order valence-electron chi connectivity index (χ1n) is 7.99. The van der Waals surface area contributed by atoms with Gasteiger partial charge in [-0.25, -0.2) is 14.5 Å². The molecule has 7 nitrogen and oxygen atoms in total. The highest BCUT2D eigenvalue weighted by Gasteiger charge is 2.38. The molecule has 0 aliphatic carbocycles. The van der Waals surface area contributed by atoms with Crippen LogP contribution in [0.25, 0.3) is 11.0 Å². The van der Waals surface area contributed by atoms with E-state index in [1.807, 2.05) is 0 Å². The summed E-state index contributed by atoms with van der Waals surface area (Å²) < 4.78 is 44.3. The van der Waals surface area contributed by atoms with Crippen molar-refractivity contribution >= 4 is 34.4 Å². The van der Waals surface area contributed by atoms with Crippen molar-refractivity contribution < 1.29 is 37.1 Å². The maximum absolute atomic E-state index is 13.2. The number of carbonyl (C=O) groups excluding carboxylic acids is 2. The van der Waals surface area contributed by atoms with Gasteiger partial charge in [0.15, 0.2) is 0 Å². The second-order valence-corrected chi connectivity index (χ2v) is 6.17. The summed E-state index contributed by atoms with van der Waals surface area (Å²) in [6, 6.07) is 6.77. The fraction of sp³-hybridized carbons (Fsp3) is 0.0526. The van der Waals surface area contributed by atoms with E-state index < -0.39 is 46.1 Å². The molecule has 0 bridgehead atoms. The van der Waals surface area contributed by atoms with Crippen molar-refractivity contribution in [1.82, 2.24) is 0 Å². The first-order chi connectivity index (χ1) is 13.6. The molecule has 1 aliphatic heterocycles. The van der Waals surface area contributed by atoms with Gasteiger partial charge in [0, 0.05) is 17.5 Å². The van der Waals surface area contributed by atoms with Gasteiger partial charge in [-0.05, 0) is 30.3 Å². The van der Waals surface area contributed by atoms with Gasteiger partial charge in [0.1, 0.15) is 5.58 Å². The average Bonchev–Trinajstić information content (AvgIpc) is 2.90.